The topological polar surface area (TPSA) is 95.5 Å². The molecule has 0 radical (unpaired) electrons. The molecule has 28 heavy (non-hydrogen) atoms. The highest BCUT2D eigenvalue weighted by molar-refractivity contribution is 14.0. The highest BCUT2D eigenvalue weighted by Crippen LogP contribution is 2.12. The Hall–Kier alpha value is -1.30. The van der Waals surface area contributed by atoms with Gasteiger partial charge in [-0.05, 0) is 32.6 Å². The molecular formula is C18H34IN5O4. The van der Waals surface area contributed by atoms with Gasteiger partial charge < -0.3 is 29.9 Å². The molecule has 2 aliphatic heterocycles. The molecule has 162 valence electrons. The van der Waals surface area contributed by atoms with E-state index >= 15 is 0 Å². The summed E-state index contributed by atoms with van der Waals surface area (Å²) in [5, 5.41) is 6.69. The fourth-order valence-electron chi connectivity index (χ4n) is 3.07. The van der Waals surface area contributed by atoms with E-state index in [1.807, 2.05) is 6.92 Å². The van der Waals surface area contributed by atoms with Gasteiger partial charge in [0.2, 0.25) is 5.91 Å². The van der Waals surface area contributed by atoms with Crippen LogP contribution >= 0.6 is 24.0 Å². The number of carbonyl (C=O) groups excluding carboxylic acids is 2. The first-order chi connectivity index (χ1) is 13.0. The lowest BCUT2D eigenvalue weighted by Crippen LogP contribution is -2.51. The van der Waals surface area contributed by atoms with E-state index in [0.29, 0.717) is 32.2 Å². The molecule has 1 atom stereocenters. The second-order valence-corrected chi connectivity index (χ2v) is 7.07. The zero-order valence-corrected chi connectivity index (χ0v) is 19.4. The van der Waals surface area contributed by atoms with Crippen molar-refractivity contribution in [2.24, 2.45) is 4.99 Å². The van der Waals surface area contributed by atoms with E-state index in [1.165, 1.54) is 4.90 Å². The number of nitrogens with one attached hydrogen (secondary N) is 2. The van der Waals surface area contributed by atoms with Gasteiger partial charge in [0.25, 0.3) is 0 Å². The number of likely N-dealkylation sites (N-methyl/N-ethyl adjacent to an activating group) is 1. The van der Waals surface area contributed by atoms with Crippen molar-refractivity contribution in [3.05, 3.63) is 0 Å². The Morgan fingerprint density at radius 3 is 2.54 bits per heavy atom. The molecule has 2 rings (SSSR count). The maximum Gasteiger partial charge on any atom is 0.409 e. The Kier molecular flexibility index (Phi) is 11.5. The Labute approximate surface area is 184 Å². The third kappa shape index (κ3) is 8.38. The van der Waals surface area contributed by atoms with E-state index in [9.17, 15) is 9.59 Å². The van der Waals surface area contributed by atoms with Crippen LogP contribution in [0.2, 0.25) is 0 Å². The number of aliphatic imine (C=N–C) groups is 1. The van der Waals surface area contributed by atoms with Gasteiger partial charge in [0, 0.05) is 46.4 Å². The molecule has 2 heterocycles. The van der Waals surface area contributed by atoms with Gasteiger partial charge >= 0.3 is 6.09 Å². The molecule has 2 aliphatic rings. The van der Waals surface area contributed by atoms with Gasteiger partial charge in [0.15, 0.2) is 5.96 Å². The van der Waals surface area contributed by atoms with Crippen molar-refractivity contribution in [1.29, 1.82) is 0 Å². The first-order valence-electron chi connectivity index (χ1n) is 9.78. The quantitative estimate of drug-likeness (QED) is 0.314. The molecule has 0 aromatic carbocycles. The third-order valence-electron chi connectivity index (χ3n) is 4.75. The minimum Gasteiger partial charge on any atom is -0.450 e. The van der Waals surface area contributed by atoms with Crippen molar-refractivity contribution in [1.82, 2.24) is 20.4 Å². The monoisotopic (exact) mass is 511 g/mol. The average Bonchev–Trinajstić information content (AvgIpc) is 3.18. The number of piperidine rings is 1. The van der Waals surface area contributed by atoms with Crippen LogP contribution in [-0.2, 0) is 14.3 Å². The zero-order valence-electron chi connectivity index (χ0n) is 17.1. The number of amides is 2. The summed E-state index contributed by atoms with van der Waals surface area (Å²) in [6.07, 6.45) is 3.67. The molecule has 0 spiro atoms. The third-order valence-corrected chi connectivity index (χ3v) is 4.75. The lowest BCUT2D eigenvalue weighted by atomic mass is 10.1. The molecule has 10 heteroatoms. The van der Waals surface area contributed by atoms with E-state index in [2.05, 4.69) is 15.6 Å². The van der Waals surface area contributed by atoms with Crippen LogP contribution in [0.4, 0.5) is 4.79 Å². The SMILES string of the molecule is CCOC(=O)N1CCC(NC(=NCC(=O)N(C)C)NCC2CCCO2)CC1.I. The number of likely N-dealkylation sites (tertiary alicyclic amines) is 1. The van der Waals surface area contributed by atoms with Crippen LogP contribution in [0.3, 0.4) is 0 Å². The standard InChI is InChI=1S/C18H33N5O4.HI/c1-4-26-18(25)23-9-7-14(8-10-23)21-17(20-13-16(24)22(2)3)19-12-15-6-5-11-27-15;/h14-15H,4-13H2,1-3H3,(H2,19,20,21);1H. The van der Waals surface area contributed by atoms with E-state index in [-0.39, 0.29) is 54.7 Å². The Balaban J connectivity index is 0.00000392. The molecule has 0 aromatic rings. The summed E-state index contributed by atoms with van der Waals surface area (Å²) in [4.78, 5) is 31.4. The number of guanidine groups is 1. The lowest BCUT2D eigenvalue weighted by Gasteiger charge is -2.32. The Bertz CT molecular complexity index is 518. The van der Waals surface area contributed by atoms with E-state index in [1.54, 1.807) is 19.0 Å². The fourth-order valence-corrected chi connectivity index (χ4v) is 3.07. The summed E-state index contributed by atoms with van der Waals surface area (Å²) >= 11 is 0. The molecule has 0 saturated carbocycles. The largest absolute Gasteiger partial charge is 0.450 e. The first-order valence-corrected chi connectivity index (χ1v) is 9.78. The predicted molar refractivity (Wildman–Crippen MR) is 118 cm³/mol. The molecular weight excluding hydrogens is 477 g/mol. The number of carbonyl (C=O) groups is 2. The second-order valence-electron chi connectivity index (χ2n) is 7.07. The summed E-state index contributed by atoms with van der Waals surface area (Å²) in [7, 11) is 3.44. The number of nitrogens with zero attached hydrogens (tertiary/aromatic N) is 3. The minimum atomic E-state index is -0.252. The summed E-state index contributed by atoms with van der Waals surface area (Å²) < 4.78 is 10.7. The normalized spacial score (nSPS) is 20.3. The molecule has 2 fully saturated rings. The van der Waals surface area contributed by atoms with Crippen molar-refractivity contribution in [3.8, 4) is 0 Å². The van der Waals surface area contributed by atoms with Gasteiger partial charge in [-0.3, -0.25) is 4.79 Å². The van der Waals surface area contributed by atoms with Gasteiger partial charge in [-0.1, -0.05) is 0 Å². The molecule has 2 N–H and O–H groups in total. The molecule has 2 amide bonds. The highest BCUT2D eigenvalue weighted by Gasteiger charge is 2.24. The number of hydrogen-bond donors (Lipinski definition) is 2. The smallest absolute Gasteiger partial charge is 0.409 e. The predicted octanol–water partition coefficient (Wildman–Crippen LogP) is 1.03. The molecule has 0 bridgehead atoms. The van der Waals surface area contributed by atoms with Crippen molar-refractivity contribution in [2.75, 3.05) is 53.5 Å². The van der Waals surface area contributed by atoms with Crippen molar-refractivity contribution in [3.63, 3.8) is 0 Å². The maximum atomic E-state index is 11.9. The van der Waals surface area contributed by atoms with Crippen LogP contribution in [0, 0.1) is 0 Å². The van der Waals surface area contributed by atoms with Gasteiger partial charge in [0.1, 0.15) is 6.54 Å². The van der Waals surface area contributed by atoms with Crippen LogP contribution in [0.25, 0.3) is 0 Å². The van der Waals surface area contributed by atoms with Crippen molar-refractivity contribution in [2.45, 2.75) is 44.8 Å². The fraction of sp³-hybridized carbons (Fsp3) is 0.833. The Morgan fingerprint density at radius 2 is 1.96 bits per heavy atom. The summed E-state index contributed by atoms with van der Waals surface area (Å²) in [5.74, 6) is 0.570. The van der Waals surface area contributed by atoms with Crippen LogP contribution in [0.5, 0.6) is 0 Å². The molecule has 0 aromatic heterocycles. The van der Waals surface area contributed by atoms with Gasteiger partial charge in [-0.25, -0.2) is 9.79 Å². The summed E-state index contributed by atoms with van der Waals surface area (Å²) in [5.41, 5.74) is 0. The van der Waals surface area contributed by atoms with E-state index in [0.717, 1.165) is 32.3 Å². The molecule has 0 aliphatic carbocycles. The molecule has 1 unspecified atom stereocenters. The number of ether oxygens (including phenoxy) is 2. The number of rotatable bonds is 6. The molecule has 9 nitrogen and oxygen atoms in total. The summed E-state index contributed by atoms with van der Waals surface area (Å²) in [6.45, 7) is 5.06. The molecule has 2 saturated heterocycles. The van der Waals surface area contributed by atoms with E-state index in [4.69, 9.17) is 9.47 Å². The zero-order chi connectivity index (χ0) is 19.6. The minimum absolute atomic E-state index is 0. The first kappa shape index (κ1) is 24.7. The number of hydrogen-bond acceptors (Lipinski definition) is 5. The van der Waals surface area contributed by atoms with Gasteiger partial charge in [-0.2, -0.15) is 0 Å². The van der Waals surface area contributed by atoms with Crippen LogP contribution in [0.15, 0.2) is 4.99 Å². The van der Waals surface area contributed by atoms with Gasteiger partial charge in [-0.15, -0.1) is 24.0 Å². The van der Waals surface area contributed by atoms with Crippen molar-refractivity contribution < 1.29 is 19.1 Å². The summed E-state index contributed by atoms with van der Waals surface area (Å²) in [6, 6.07) is 0.195. The Morgan fingerprint density at radius 1 is 1.25 bits per heavy atom. The average molecular weight is 511 g/mol. The van der Waals surface area contributed by atoms with Gasteiger partial charge in [0.05, 0.1) is 12.7 Å². The number of halogens is 1. The van der Waals surface area contributed by atoms with Crippen molar-refractivity contribution >= 4 is 41.9 Å². The lowest BCUT2D eigenvalue weighted by molar-refractivity contribution is -0.127. The maximum absolute atomic E-state index is 11.9. The van der Waals surface area contributed by atoms with E-state index < -0.39 is 0 Å². The van der Waals surface area contributed by atoms with Crippen LogP contribution in [-0.4, -0.2) is 93.4 Å². The highest BCUT2D eigenvalue weighted by atomic mass is 127. The second kappa shape index (κ2) is 13.0. The van der Waals surface area contributed by atoms with Crippen LogP contribution < -0.4 is 10.6 Å². The van der Waals surface area contributed by atoms with Crippen LogP contribution in [0.1, 0.15) is 32.6 Å².